The van der Waals surface area contributed by atoms with E-state index in [-0.39, 0.29) is 0 Å². The summed E-state index contributed by atoms with van der Waals surface area (Å²) in [6.07, 6.45) is 3.75. The maximum absolute atomic E-state index is 4.22. The minimum Gasteiger partial charge on any atom is -0.317 e. The van der Waals surface area contributed by atoms with Gasteiger partial charge in [0.05, 0.1) is 0 Å². The van der Waals surface area contributed by atoms with Gasteiger partial charge >= 0.3 is 0 Å². The standard InChI is InChI=1S/C10H20N2/c1-9(11-3)8-10(2)4-6-12-7-5-10/h12H,4-8H2,1-3H3. The monoisotopic (exact) mass is 168 g/mol. The number of nitrogens with zero attached hydrogens (tertiary/aromatic N) is 1. The van der Waals surface area contributed by atoms with Crippen LogP contribution >= 0.6 is 0 Å². The number of hydrogen-bond donors (Lipinski definition) is 1. The van der Waals surface area contributed by atoms with E-state index >= 15 is 0 Å². The molecule has 1 fully saturated rings. The molecule has 1 aliphatic rings. The molecule has 2 nitrogen and oxygen atoms in total. The third-order valence-electron chi connectivity index (χ3n) is 2.87. The van der Waals surface area contributed by atoms with Gasteiger partial charge in [-0.2, -0.15) is 0 Å². The van der Waals surface area contributed by atoms with E-state index in [1.165, 1.54) is 38.1 Å². The van der Waals surface area contributed by atoms with Crippen molar-refractivity contribution in [3.8, 4) is 0 Å². The third kappa shape index (κ3) is 2.59. The Balaban J connectivity index is 2.46. The molecule has 0 aromatic rings. The molecule has 2 heteroatoms. The fourth-order valence-electron chi connectivity index (χ4n) is 1.90. The van der Waals surface area contributed by atoms with Crippen molar-refractivity contribution in [1.29, 1.82) is 0 Å². The van der Waals surface area contributed by atoms with Crippen molar-refractivity contribution in [2.45, 2.75) is 33.1 Å². The second kappa shape index (κ2) is 4.04. The van der Waals surface area contributed by atoms with Gasteiger partial charge in [-0.3, -0.25) is 4.99 Å². The lowest BCUT2D eigenvalue weighted by molar-refractivity contribution is 0.239. The zero-order valence-electron chi connectivity index (χ0n) is 8.48. The second-order valence-corrected chi connectivity index (χ2v) is 4.20. The quantitative estimate of drug-likeness (QED) is 0.625. The van der Waals surface area contributed by atoms with Gasteiger partial charge in [0, 0.05) is 12.8 Å². The Hall–Kier alpha value is -0.370. The Morgan fingerprint density at radius 2 is 2.00 bits per heavy atom. The van der Waals surface area contributed by atoms with Gasteiger partial charge in [-0.15, -0.1) is 0 Å². The molecular weight excluding hydrogens is 148 g/mol. The van der Waals surface area contributed by atoms with Gasteiger partial charge in [0.2, 0.25) is 0 Å². The van der Waals surface area contributed by atoms with E-state index in [1.54, 1.807) is 0 Å². The van der Waals surface area contributed by atoms with Crippen molar-refractivity contribution in [1.82, 2.24) is 5.32 Å². The summed E-state index contributed by atoms with van der Waals surface area (Å²) in [5.41, 5.74) is 1.80. The summed E-state index contributed by atoms with van der Waals surface area (Å²) in [5, 5.41) is 3.39. The number of nitrogens with one attached hydrogen (secondary N) is 1. The average Bonchev–Trinajstić information content (AvgIpc) is 2.05. The van der Waals surface area contributed by atoms with Crippen LogP contribution in [0.5, 0.6) is 0 Å². The first-order chi connectivity index (χ1) is 5.66. The topological polar surface area (TPSA) is 24.4 Å². The van der Waals surface area contributed by atoms with E-state index < -0.39 is 0 Å². The van der Waals surface area contributed by atoms with Gasteiger partial charge in [0.1, 0.15) is 0 Å². The van der Waals surface area contributed by atoms with Crippen LogP contribution in [0.25, 0.3) is 0 Å². The molecule has 0 aromatic carbocycles. The van der Waals surface area contributed by atoms with Crippen molar-refractivity contribution < 1.29 is 0 Å². The lowest BCUT2D eigenvalue weighted by Crippen LogP contribution is -2.35. The SMILES string of the molecule is CN=C(C)CC1(C)CCNCC1. The van der Waals surface area contributed by atoms with Crippen LogP contribution in [0, 0.1) is 5.41 Å². The highest BCUT2D eigenvalue weighted by Crippen LogP contribution is 2.31. The molecule has 0 atom stereocenters. The Morgan fingerprint density at radius 3 is 2.50 bits per heavy atom. The van der Waals surface area contributed by atoms with Crippen molar-refractivity contribution >= 4 is 5.71 Å². The molecule has 1 aliphatic heterocycles. The highest BCUT2D eigenvalue weighted by atomic mass is 14.9. The van der Waals surface area contributed by atoms with Crippen LogP contribution in [-0.2, 0) is 0 Å². The van der Waals surface area contributed by atoms with Crippen LogP contribution in [0.2, 0.25) is 0 Å². The summed E-state index contributed by atoms with van der Waals surface area (Å²) in [5.74, 6) is 0. The highest BCUT2D eigenvalue weighted by molar-refractivity contribution is 5.82. The Bertz CT molecular complexity index is 167. The highest BCUT2D eigenvalue weighted by Gasteiger charge is 2.26. The molecule has 1 N–H and O–H groups in total. The first-order valence-electron chi connectivity index (χ1n) is 4.79. The number of rotatable bonds is 2. The van der Waals surface area contributed by atoms with Crippen molar-refractivity contribution in [2.24, 2.45) is 10.4 Å². The summed E-state index contributed by atoms with van der Waals surface area (Å²) in [6.45, 7) is 6.86. The molecule has 0 aliphatic carbocycles. The minimum absolute atomic E-state index is 0.509. The van der Waals surface area contributed by atoms with Gasteiger partial charge in [-0.1, -0.05) is 6.92 Å². The van der Waals surface area contributed by atoms with E-state index in [1.807, 2.05) is 7.05 Å². The third-order valence-corrected chi connectivity index (χ3v) is 2.87. The summed E-state index contributed by atoms with van der Waals surface area (Å²) in [6, 6.07) is 0. The van der Waals surface area contributed by atoms with Crippen LogP contribution in [0.1, 0.15) is 33.1 Å². The fraction of sp³-hybridized carbons (Fsp3) is 0.900. The fourth-order valence-corrected chi connectivity index (χ4v) is 1.90. The van der Waals surface area contributed by atoms with Gasteiger partial charge < -0.3 is 5.32 Å². The predicted octanol–water partition coefficient (Wildman–Crippen LogP) is 1.86. The summed E-state index contributed by atoms with van der Waals surface area (Å²) in [7, 11) is 1.89. The van der Waals surface area contributed by atoms with E-state index in [0.29, 0.717) is 5.41 Å². The van der Waals surface area contributed by atoms with Gasteiger partial charge in [0.25, 0.3) is 0 Å². The van der Waals surface area contributed by atoms with E-state index in [0.717, 1.165) is 0 Å². The Labute approximate surface area is 75.5 Å². The average molecular weight is 168 g/mol. The van der Waals surface area contributed by atoms with E-state index in [9.17, 15) is 0 Å². The maximum Gasteiger partial charge on any atom is 0.0276 e. The first kappa shape index (κ1) is 9.72. The lowest BCUT2D eigenvalue weighted by atomic mass is 9.77. The summed E-state index contributed by atoms with van der Waals surface area (Å²) in [4.78, 5) is 4.22. The number of hydrogen-bond acceptors (Lipinski definition) is 2. The molecular formula is C10H20N2. The summed E-state index contributed by atoms with van der Waals surface area (Å²) >= 11 is 0. The van der Waals surface area contributed by atoms with E-state index in [2.05, 4.69) is 24.2 Å². The van der Waals surface area contributed by atoms with Crippen LogP contribution in [0.3, 0.4) is 0 Å². The normalized spacial score (nSPS) is 24.1. The van der Waals surface area contributed by atoms with Crippen molar-refractivity contribution in [2.75, 3.05) is 20.1 Å². The zero-order valence-corrected chi connectivity index (χ0v) is 8.48. The first-order valence-corrected chi connectivity index (χ1v) is 4.79. The molecule has 70 valence electrons. The van der Waals surface area contributed by atoms with E-state index in [4.69, 9.17) is 0 Å². The van der Waals surface area contributed by atoms with Crippen LogP contribution in [-0.4, -0.2) is 25.8 Å². The Kier molecular flexibility index (Phi) is 3.27. The summed E-state index contributed by atoms with van der Waals surface area (Å²) < 4.78 is 0. The smallest absolute Gasteiger partial charge is 0.0276 e. The van der Waals surface area contributed by atoms with Crippen LogP contribution in [0.15, 0.2) is 4.99 Å². The Morgan fingerprint density at radius 1 is 1.42 bits per heavy atom. The van der Waals surface area contributed by atoms with Crippen LogP contribution in [0.4, 0.5) is 0 Å². The molecule has 0 spiro atoms. The maximum atomic E-state index is 4.22. The molecule has 0 amide bonds. The van der Waals surface area contributed by atoms with Gasteiger partial charge in [-0.05, 0) is 44.7 Å². The van der Waals surface area contributed by atoms with Crippen molar-refractivity contribution in [3.63, 3.8) is 0 Å². The van der Waals surface area contributed by atoms with Crippen LogP contribution < -0.4 is 5.32 Å². The van der Waals surface area contributed by atoms with Crippen molar-refractivity contribution in [3.05, 3.63) is 0 Å². The second-order valence-electron chi connectivity index (χ2n) is 4.20. The molecule has 0 aromatic heterocycles. The molecule has 1 rings (SSSR count). The number of aliphatic imine (C=N–C) groups is 1. The predicted molar refractivity (Wildman–Crippen MR) is 53.9 cm³/mol. The molecule has 1 saturated heterocycles. The molecule has 0 radical (unpaired) electrons. The van der Waals surface area contributed by atoms with Gasteiger partial charge in [0.15, 0.2) is 0 Å². The largest absolute Gasteiger partial charge is 0.317 e. The zero-order chi connectivity index (χ0) is 9.03. The molecule has 12 heavy (non-hydrogen) atoms. The minimum atomic E-state index is 0.509. The lowest BCUT2D eigenvalue weighted by Gasteiger charge is -2.33. The molecule has 1 heterocycles. The van der Waals surface area contributed by atoms with Gasteiger partial charge in [-0.25, -0.2) is 0 Å². The number of piperidine rings is 1. The molecule has 0 saturated carbocycles. The molecule has 0 unspecified atom stereocenters. The molecule has 0 bridgehead atoms.